The molecule has 1 fully saturated rings. The number of methoxy groups -OCH3 is 1. The summed E-state index contributed by atoms with van der Waals surface area (Å²) in [5, 5.41) is 34.2. The maximum atomic E-state index is 15.2. The Hall–Kier alpha value is -3.81. The summed E-state index contributed by atoms with van der Waals surface area (Å²) in [6.45, 7) is 1.70. The standard InChI is InChI=1S/C32H39N2O11P/c1-21(31(38)42-20-24-12-8-5-9-13-24)34(18-23-10-6-4-7-11-23)46(40,44-26-16-14-25(41-3)15-17-26)45-30-27(19-35)43-32(39)28(29(30)37)33-22(2)36/h4-17,21,27-30,32,35,37,39H,18-20H2,1-3H3,(H,33,36)/t21?,27-,28-,29-,30-,32+,46?/m1/s1. The molecule has 0 spiro atoms. The van der Waals surface area contributed by atoms with Crippen molar-refractivity contribution in [2.24, 2.45) is 0 Å². The van der Waals surface area contributed by atoms with E-state index in [1.807, 2.05) is 6.07 Å². The van der Waals surface area contributed by atoms with E-state index in [0.717, 1.165) is 5.56 Å². The van der Waals surface area contributed by atoms with Gasteiger partial charge in [-0.2, -0.15) is 4.67 Å². The minimum atomic E-state index is -4.74. The summed E-state index contributed by atoms with van der Waals surface area (Å²) < 4.78 is 44.8. The lowest BCUT2D eigenvalue weighted by Gasteiger charge is -2.44. The monoisotopic (exact) mass is 658 g/mol. The predicted octanol–water partition coefficient (Wildman–Crippen LogP) is 2.78. The van der Waals surface area contributed by atoms with Gasteiger partial charge in [-0.1, -0.05) is 60.7 Å². The molecule has 13 nitrogen and oxygen atoms in total. The lowest BCUT2D eigenvalue weighted by molar-refractivity contribution is -0.250. The van der Waals surface area contributed by atoms with Crippen LogP contribution in [0.25, 0.3) is 0 Å². The second kappa shape index (κ2) is 16.1. The normalized spacial score (nSPS) is 23.2. The van der Waals surface area contributed by atoms with Gasteiger partial charge < -0.3 is 39.4 Å². The molecular weight excluding hydrogens is 619 g/mol. The van der Waals surface area contributed by atoms with Crippen LogP contribution in [0.3, 0.4) is 0 Å². The third kappa shape index (κ3) is 8.92. The summed E-state index contributed by atoms with van der Waals surface area (Å²) in [6.07, 6.45) is -6.46. The molecule has 0 bridgehead atoms. The van der Waals surface area contributed by atoms with Gasteiger partial charge in [0.1, 0.15) is 48.5 Å². The number of hydrogen-bond acceptors (Lipinski definition) is 11. The molecule has 14 heteroatoms. The van der Waals surface area contributed by atoms with Gasteiger partial charge in [0.15, 0.2) is 6.29 Å². The second-order valence-corrected chi connectivity index (χ2v) is 12.5. The molecule has 0 aliphatic carbocycles. The summed E-state index contributed by atoms with van der Waals surface area (Å²) in [5.74, 6) is -0.776. The molecule has 4 rings (SSSR count). The van der Waals surface area contributed by atoms with Crippen LogP contribution in [0.4, 0.5) is 0 Å². The number of rotatable bonds is 14. The van der Waals surface area contributed by atoms with Crippen LogP contribution < -0.4 is 14.6 Å². The van der Waals surface area contributed by atoms with E-state index in [1.165, 1.54) is 37.8 Å². The maximum absolute atomic E-state index is 15.2. The molecule has 3 aromatic rings. The van der Waals surface area contributed by atoms with Crippen molar-refractivity contribution in [3.8, 4) is 11.5 Å². The van der Waals surface area contributed by atoms with Crippen LogP contribution in [0.15, 0.2) is 84.9 Å². The number of ether oxygens (including phenoxy) is 3. The zero-order chi connectivity index (χ0) is 33.3. The van der Waals surface area contributed by atoms with E-state index in [0.29, 0.717) is 11.3 Å². The van der Waals surface area contributed by atoms with Crippen molar-refractivity contribution >= 4 is 19.6 Å². The number of benzene rings is 3. The minimum Gasteiger partial charge on any atom is -0.497 e. The highest BCUT2D eigenvalue weighted by molar-refractivity contribution is 7.51. The first-order chi connectivity index (χ1) is 22.0. The number of nitrogens with one attached hydrogen (secondary N) is 1. The van der Waals surface area contributed by atoms with E-state index >= 15 is 4.57 Å². The molecule has 0 saturated carbocycles. The number of aliphatic hydroxyl groups is 3. The van der Waals surface area contributed by atoms with Gasteiger partial charge >= 0.3 is 13.7 Å². The molecule has 46 heavy (non-hydrogen) atoms. The van der Waals surface area contributed by atoms with E-state index in [1.54, 1.807) is 66.7 Å². The van der Waals surface area contributed by atoms with Gasteiger partial charge in [-0.3, -0.25) is 14.1 Å². The number of esters is 1. The molecule has 2 unspecified atom stereocenters. The Morgan fingerprint density at radius 1 is 0.957 bits per heavy atom. The first-order valence-corrected chi connectivity index (χ1v) is 16.1. The molecule has 1 amide bonds. The average Bonchev–Trinajstić information content (AvgIpc) is 3.06. The Kier molecular flexibility index (Phi) is 12.3. The summed E-state index contributed by atoms with van der Waals surface area (Å²) in [7, 11) is -3.26. The van der Waals surface area contributed by atoms with Crippen molar-refractivity contribution in [2.75, 3.05) is 13.7 Å². The number of nitrogens with zero attached hydrogens (tertiary/aromatic N) is 1. The molecule has 1 heterocycles. The van der Waals surface area contributed by atoms with Crippen molar-refractivity contribution < 1.29 is 52.7 Å². The summed E-state index contributed by atoms with van der Waals surface area (Å²) in [4.78, 5) is 25.4. The Morgan fingerprint density at radius 3 is 2.11 bits per heavy atom. The van der Waals surface area contributed by atoms with Gasteiger partial charge in [-0.25, -0.2) is 4.57 Å². The van der Waals surface area contributed by atoms with E-state index < -0.39 is 62.9 Å². The fourth-order valence-electron chi connectivity index (χ4n) is 4.84. The molecule has 7 atom stereocenters. The molecule has 1 aliphatic heterocycles. The van der Waals surface area contributed by atoms with E-state index in [2.05, 4.69) is 5.32 Å². The Balaban J connectivity index is 1.75. The van der Waals surface area contributed by atoms with Crippen molar-refractivity contribution in [3.05, 3.63) is 96.1 Å². The zero-order valence-electron chi connectivity index (χ0n) is 25.7. The zero-order valence-corrected chi connectivity index (χ0v) is 26.6. The molecule has 1 aliphatic rings. The highest BCUT2D eigenvalue weighted by atomic mass is 31.2. The van der Waals surface area contributed by atoms with Gasteiger partial charge in [-0.15, -0.1) is 0 Å². The predicted molar refractivity (Wildman–Crippen MR) is 165 cm³/mol. The highest BCUT2D eigenvalue weighted by Gasteiger charge is 2.52. The molecule has 1 saturated heterocycles. The van der Waals surface area contributed by atoms with Crippen molar-refractivity contribution in [1.29, 1.82) is 0 Å². The quantitative estimate of drug-likeness (QED) is 0.148. The second-order valence-electron chi connectivity index (χ2n) is 10.6. The fraction of sp³-hybridized carbons (Fsp3) is 0.375. The van der Waals surface area contributed by atoms with Crippen molar-refractivity contribution in [3.63, 3.8) is 0 Å². The van der Waals surface area contributed by atoms with E-state index in [9.17, 15) is 24.9 Å². The van der Waals surface area contributed by atoms with Gasteiger partial charge in [-0.05, 0) is 42.3 Å². The lowest BCUT2D eigenvalue weighted by atomic mass is 9.97. The largest absolute Gasteiger partial charge is 0.497 e. The minimum absolute atomic E-state index is 0.0499. The smallest absolute Gasteiger partial charge is 0.462 e. The van der Waals surface area contributed by atoms with Crippen LogP contribution in [0.5, 0.6) is 11.5 Å². The average molecular weight is 659 g/mol. The van der Waals surface area contributed by atoms with Crippen LogP contribution in [0.1, 0.15) is 25.0 Å². The van der Waals surface area contributed by atoms with Crippen LogP contribution in [-0.4, -0.2) is 82.3 Å². The van der Waals surface area contributed by atoms with Gasteiger partial charge in [0.2, 0.25) is 5.91 Å². The number of carbonyl (C=O) groups excluding carboxylic acids is 2. The number of carbonyl (C=O) groups is 2. The van der Waals surface area contributed by atoms with Gasteiger partial charge in [0, 0.05) is 13.5 Å². The lowest BCUT2D eigenvalue weighted by Crippen LogP contribution is -2.64. The van der Waals surface area contributed by atoms with Crippen LogP contribution in [0.2, 0.25) is 0 Å². The summed E-state index contributed by atoms with van der Waals surface area (Å²) in [6, 6.07) is 21.3. The molecular formula is C32H39N2O11P. The Bertz CT molecular complexity index is 1460. The molecule has 4 N–H and O–H groups in total. The molecule has 248 valence electrons. The maximum Gasteiger partial charge on any atom is 0.462 e. The Morgan fingerprint density at radius 2 is 1.54 bits per heavy atom. The number of amides is 1. The van der Waals surface area contributed by atoms with Crippen molar-refractivity contribution in [1.82, 2.24) is 9.99 Å². The first kappa shape index (κ1) is 35.1. The summed E-state index contributed by atoms with van der Waals surface area (Å²) >= 11 is 0. The topological polar surface area (TPSA) is 173 Å². The van der Waals surface area contributed by atoms with Crippen LogP contribution in [0, 0.1) is 0 Å². The highest BCUT2D eigenvalue weighted by Crippen LogP contribution is 2.56. The van der Waals surface area contributed by atoms with Crippen LogP contribution >= 0.6 is 7.75 Å². The van der Waals surface area contributed by atoms with Crippen LogP contribution in [-0.2, 0) is 41.3 Å². The molecule has 3 aromatic carbocycles. The third-order valence-electron chi connectivity index (χ3n) is 7.29. The molecule has 0 aromatic heterocycles. The molecule has 0 radical (unpaired) electrons. The van der Waals surface area contributed by atoms with Gasteiger partial charge in [0.05, 0.1) is 13.7 Å². The SMILES string of the molecule is COc1ccc(OP(=O)(O[C@H]2[C@H](O)[C@@H](NC(C)=O)[C@@H](O)O[C@@H]2CO)N(Cc2ccccc2)C(C)C(=O)OCc2ccccc2)cc1. The van der Waals surface area contributed by atoms with E-state index in [-0.39, 0.29) is 18.9 Å². The third-order valence-corrected chi connectivity index (χ3v) is 9.36. The van der Waals surface area contributed by atoms with Gasteiger partial charge in [0.25, 0.3) is 0 Å². The number of hydrogen-bond donors (Lipinski definition) is 4. The number of aliphatic hydroxyl groups excluding tert-OH is 3. The summed E-state index contributed by atoms with van der Waals surface area (Å²) in [5.41, 5.74) is 1.38. The van der Waals surface area contributed by atoms with Crippen molar-refractivity contribution in [2.45, 2.75) is 63.7 Å². The first-order valence-electron chi connectivity index (χ1n) is 14.6. The van der Waals surface area contributed by atoms with E-state index in [4.69, 9.17) is 23.3 Å². The Labute approximate surface area is 267 Å². The fourth-order valence-corrected chi connectivity index (χ4v) is 6.92.